The first-order chi connectivity index (χ1) is 16.9. The number of ketones is 1. The third kappa shape index (κ3) is 4.90. The molecule has 8 heteroatoms. The minimum Gasteiger partial charge on any atom is -0.507 e. The maximum atomic E-state index is 13.2. The van der Waals surface area contributed by atoms with E-state index >= 15 is 0 Å². The topological polar surface area (TPSA) is 89.0 Å². The Balaban J connectivity index is 1.86. The lowest BCUT2D eigenvalue weighted by Gasteiger charge is -2.26. The summed E-state index contributed by atoms with van der Waals surface area (Å²) in [6.45, 7) is 4.08. The number of aliphatic hydroxyl groups is 1. The van der Waals surface area contributed by atoms with Gasteiger partial charge in [-0.25, -0.2) is 0 Å². The Morgan fingerprint density at radius 2 is 1.83 bits per heavy atom. The summed E-state index contributed by atoms with van der Waals surface area (Å²) in [7, 11) is 1.50. The Labute approximate surface area is 207 Å². The fraction of sp³-hybridized carbons (Fsp3) is 0.148. The molecule has 1 amide bonds. The van der Waals surface area contributed by atoms with E-state index < -0.39 is 17.7 Å². The van der Waals surface area contributed by atoms with E-state index in [1.54, 1.807) is 73.1 Å². The van der Waals surface area contributed by atoms with Crippen LogP contribution >= 0.6 is 11.6 Å². The third-order valence-electron chi connectivity index (χ3n) is 5.62. The number of benzene rings is 2. The Morgan fingerprint density at radius 1 is 1.11 bits per heavy atom. The smallest absolute Gasteiger partial charge is 0.295 e. The zero-order valence-corrected chi connectivity index (χ0v) is 19.7. The largest absolute Gasteiger partial charge is 0.507 e. The lowest BCUT2D eigenvalue weighted by molar-refractivity contribution is -0.140. The molecule has 0 radical (unpaired) electrons. The predicted octanol–water partition coefficient (Wildman–Crippen LogP) is 4.93. The van der Waals surface area contributed by atoms with Crippen molar-refractivity contribution in [3.8, 4) is 11.5 Å². The highest BCUT2D eigenvalue weighted by Gasteiger charge is 2.46. The molecule has 1 aliphatic rings. The first-order valence-electron chi connectivity index (χ1n) is 10.8. The van der Waals surface area contributed by atoms with Crippen LogP contribution < -0.4 is 9.47 Å². The number of nitrogens with zero attached hydrogens (tertiary/aromatic N) is 2. The number of likely N-dealkylation sites (tertiary alicyclic amines) is 1. The molecule has 4 rings (SSSR count). The van der Waals surface area contributed by atoms with Crippen molar-refractivity contribution < 1.29 is 24.2 Å². The number of aliphatic hydroxyl groups excluding tert-OH is 1. The van der Waals surface area contributed by atoms with E-state index in [9.17, 15) is 14.7 Å². The summed E-state index contributed by atoms with van der Waals surface area (Å²) in [5, 5.41) is 11.7. The highest BCUT2D eigenvalue weighted by molar-refractivity contribution is 6.46. The maximum Gasteiger partial charge on any atom is 0.295 e. The number of pyridine rings is 1. The summed E-state index contributed by atoms with van der Waals surface area (Å²) in [4.78, 5) is 31.8. The van der Waals surface area contributed by atoms with Crippen LogP contribution in [0.4, 0.5) is 0 Å². The van der Waals surface area contributed by atoms with E-state index in [0.29, 0.717) is 27.6 Å². The molecular formula is C27H23ClN2O5. The number of amides is 1. The van der Waals surface area contributed by atoms with Gasteiger partial charge in [0.2, 0.25) is 0 Å². The average molecular weight is 491 g/mol. The first-order valence-corrected chi connectivity index (χ1v) is 11.2. The van der Waals surface area contributed by atoms with Gasteiger partial charge in [-0.1, -0.05) is 30.3 Å². The number of hydrogen-bond acceptors (Lipinski definition) is 6. The summed E-state index contributed by atoms with van der Waals surface area (Å²) in [5.41, 5.74) is 1.72. The number of carbonyl (C=O) groups is 2. The molecule has 1 fully saturated rings. The minimum atomic E-state index is -0.860. The molecule has 1 aromatic heterocycles. The molecule has 0 spiro atoms. The quantitative estimate of drug-likeness (QED) is 0.208. The molecule has 7 nitrogen and oxygen atoms in total. The monoisotopic (exact) mass is 490 g/mol. The molecule has 1 atom stereocenters. The van der Waals surface area contributed by atoms with E-state index in [2.05, 4.69) is 11.6 Å². The summed E-state index contributed by atoms with van der Waals surface area (Å²) >= 11 is 5.99. The normalized spacial score (nSPS) is 16.9. The Bertz CT molecular complexity index is 1290. The van der Waals surface area contributed by atoms with Crippen LogP contribution in [0.2, 0.25) is 5.02 Å². The Kier molecular flexibility index (Phi) is 7.17. The lowest BCUT2D eigenvalue weighted by atomic mass is 9.95. The fourth-order valence-electron chi connectivity index (χ4n) is 3.96. The molecule has 0 bridgehead atoms. The predicted molar refractivity (Wildman–Crippen MR) is 132 cm³/mol. The molecule has 1 saturated heterocycles. The average Bonchev–Trinajstić information content (AvgIpc) is 3.13. The summed E-state index contributed by atoms with van der Waals surface area (Å²) in [5.74, 6) is -0.866. The van der Waals surface area contributed by atoms with Gasteiger partial charge in [-0.2, -0.15) is 0 Å². The number of rotatable bonds is 8. The highest BCUT2D eigenvalue weighted by atomic mass is 35.5. The van der Waals surface area contributed by atoms with Gasteiger partial charge in [0.05, 0.1) is 18.7 Å². The van der Waals surface area contributed by atoms with Gasteiger partial charge in [-0.05, 0) is 59.7 Å². The second-order valence-corrected chi connectivity index (χ2v) is 8.24. The summed E-state index contributed by atoms with van der Waals surface area (Å²) in [6.07, 6.45) is 4.84. The van der Waals surface area contributed by atoms with Crippen molar-refractivity contribution in [3.63, 3.8) is 0 Å². The van der Waals surface area contributed by atoms with Gasteiger partial charge in [0.25, 0.3) is 11.7 Å². The molecule has 2 heterocycles. The van der Waals surface area contributed by atoms with Crippen LogP contribution in [-0.4, -0.2) is 40.4 Å². The van der Waals surface area contributed by atoms with Gasteiger partial charge in [0.15, 0.2) is 11.5 Å². The number of halogens is 1. The molecule has 3 aromatic rings. The van der Waals surface area contributed by atoms with Crippen LogP contribution in [0.1, 0.15) is 22.7 Å². The van der Waals surface area contributed by atoms with Crippen molar-refractivity contribution in [2.45, 2.75) is 12.6 Å². The lowest BCUT2D eigenvalue weighted by Crippen LogP contribution is -2.29. The summed E-state index contributed by atoms with van der Waals surface area (Å²) < 4.78 is 11.1. The van der Waals surface area contributed by atoms with Crippen LogP contribution in [0.5, 0.6) is 11.5 Å². The fourth-order valence-corrected chi connectivity index (χ4v) is 4.09. The van der Waals surface area contributed by atoms with E-state index in [1.807, 2.05) is 0 Å². The van der Waals surface area contributed by atoms with E-state index in [4.69, 9.17) is 21.1 Å². The second kappa shape index (κ2) is 10.4. The van der Waals surface area contributed by atoms with Crippen molar-refractivity contribution in [2.75, 3.05) is 13.7 Å². The second-order valence-electron chi connectivity index (χ2n) is 7.80. The molecule has 0 aliphatic carbocycles. The number of Topliss-reactive ketones (excluding diaryl/α,β-unsaturated/α-hetero) is 1. The number of methoxy groups -OCH3 is 1. The minimum absolute atomic E-state index is 0.0202. The van der Waals surface area contributed by atoms with Crippen molar-refractivity contribution in [2.24, 2.45) is 0 Å². The van der Waals surface area contributed by atoms with Crippen molar-refractivity contribution in [1.82, 2.24) is 9.88 Å². The molecule has 1 N–H and O–H groups in total. The third-order valence-corrected chi connectivity index (χ3v) is 5.87. The number of carbonyl (C=O) groups excluding carboxylic acids is 2. The van der Waals surface area contributed by atoms with Crippen molar-refractivity contribution in [1.29, 1.82) is 0 Å². The highest BCUT2D eigenvalue weighted by Crippen LogP contribution is 2.42. The SMILES string of the molecule is C=CCOc1ccc([C@@H]2C(=C(O)c3ccc(Cl)cc3)C(=O)C(=O)N2Cc2ccncc2)cc1OC. The maximum absolute atomic E-state index is 13.2. The van der Waals surface area contributed by atoms with E-state index in [-0.39, 0.29) is 24.5 Å². The summed E-state index contributed by atoms with van der Waals surface area (Å²) in [6, 6.07) is 14.2. The molecule has 0 unspecified atom stereocenters. The molecule has 2 aromatic carbocycles. The molecular weight excluding hydrogens is 468 g/mol. The zero-order valence-electron chi connectivity index (χ0n) is 19.0. The van der Waals surface area contributed by atoms with E-state index in [0.717, 1.165) is 5.56 Å². The van der Waals surface area contributed by atoms with Gasteiger partial charge in [-0.3, -0.25) is 14.6 Å². The van der Waals surface area contributed by atoms with Crippen LogP contribution in [0.15, 0.2) is 85.2 Å². The van der Waals surface area contributed by atoms with Crippen LogP contribution in [0.3, 0.4) is 0 Å². The van der Waals surface area contributed by atoms with Crippen molar-refractivity contribution >= 4 is 29.1 Å². The van der Waals surface area contributed by atoms with Crippen molar-refractivity contribution in [3.05, 3.63) is 107 Å². The Morgan fingerprint density at radius 3 is 2.49 bits per heavy atom. The van der Waals surface area contributed by atoms with Gasteiger partial charge in [0, 0.05) is 29.5 Å². The van der Waals surface area contributed by atoms with Crippen LogP contribution in [0, 0.1) is 0 Å². The van der Waals surface area contributed by atoms with Crippen LogP contribution in [-0.2, 0) is 16.1 Å². The van der Waals surface area contributed by atoms with Gasteiger partial charge in [0.1, 0.15) is 12.4 Å². The van der Waals surface area contributed by atoms with Gasteiger partial charge in [-0.15, -0.1) is 0 Å². The molecule has 1 aliphatic heterocycles. The zero-order chi connectivity index (χ0) is 24.9. The first kappa shape index (κ1) is 24.0. The molecule has 0 saturated carbocycles. The number of hydrogen-bond donors (Lipinski definition) is 1. The molecule has 178 valence electrons. The number of aromatic nitrogens is 1. The molecule has 35 heavy (non-hydrogen) atoms. The Hall–Kier alpha value is -4.10. The number of ether oxygens (including phenoxy) is 2. The standard InChI is InChI=1S/C27H23ClN2O5/c1-3-14-35-21-9-6-19(15-22(21)34-2)24-23(25(31)18-4-7-20(28)8-5-18)26(32)27(33)30(24)16-17-10-12-29-13-11-17/h3-13,15,24,31H,1,14,16H2,2H3/t24-/m1/s1. The van der Waals surface area contributed by atoms with Gasteiger partial charge < -0.3 is 19.5 Å². The van der Waals surface area contributed by atoms with Gasteiger partial charge >= 0.3 is 0 Å². The van der Waals surface area contributed by atoms with E-state index in [1.165, 1.54) is 12.0 Å². The van der Waals surface area contributed by atoms with Crippen LogP contribution in [0.25, 0.3) is 5.76 Å².